The number of non-ortho nitro benzene ring substituents is 1. The average Bonchev–Trinajstić information content (AvgIpc) is 3.12. The van der Waals surface area contributed by atoms with Crippen LogP contribution in [0.1, 0.15) is 21.6 Å². The Morgan fingerprint density at radius 2 is 1.89 bits per heavy atom. The smallest absolute Gasteiger partial charge is 0.268 e. The number of benzene rings is 2. The molecule has 0 saturated carbocycles. The van der Waals surface area contributed by atoms with Gasteiger partial charge in [0.15, 0.2) is 5.69 Å². The zero-order valence-corrected chi connectivity index (χ0v) is 13.9. The van der Waals surface area contributed by atoms with Gasteiger partial charge in [-0.2, -0.15) is 10.2 Å². The van der Waals surface area contributed by atoms with Crippen molar-refractivity contribution in [1.82, 2.24) is 15.2 Å². The van der Waals surface area contributed by atoms with Crippen molar-refractivity contribution >= 4 is 17.8 Å². The molecule has 3 aromatic rings. The Bertz CT molecular complexity index is 981. The Hall–Kier alpha value is -3.88. The molecule has 0 spiro atoms. The molecular weight excluding hydrogens is 353 g/mol. The number of hydrogen-bond donors (Lipinski definition) is 1. The molecule has 0 aliphatic heterocycles. The second-order valence-corrected chi connectivity index (χ2v) is 5.57. The van der Waals surface area contributed by atoms with E-state index in [1.807, 2.05) is 0 Å². The van der Waals surface area contributed by atoms with Crippen LogP contribution < -0.4 is 5.43 Å². The SMILES string of the molecule is O=C(N/N=C\c1ccc(F)cc1)c1ccn(Cc2ccc([N+](=O)[O-])cc2)n1. The van der Waals surface area contributed by atoms with Gasteiger partial charge in [0.1, 0.15) is 5.82 Å². The van der Waals surface area contributed by atoms with Crippen LogP contribution in [0.2, 0.25) is 0 Å². The van der Waals surface area contributed by atoms with E-state index in [9.17, 15) is 19.3 Å². The van der Waals surface area contributed by atoms with E-state index < -0.39 is 10.8 Å². The molecule has 0 saturated heterocycles. The average molecular weight is 367 g/mol. The summed E-state index contributed by atoms with van der Waals surface area (Å²) in [7, 11) is 0. The summed E-state index contributed by atoms with van der Waals surface area (Å²) in [4.78, 5) is 22.2. The molecule has 0 fully saturated rings. The molecule has 27 heavy (non-hydrogen) atoms. The minimum atomic E-state index is -0.490. The quantitative estimate of drug-likeness (QED) is 0.411. The fraction of sp³-hybridized carbons (Fsp3) is 0.0556. The zero-order valence-electron chi connectivity index (χ0n) is 13.9. The number of aromatic nitrogens is 2. The van der Waals surface area contributed by atoms with Crippen molar-refractivity contribution in [1.29, 1.82) is 0 Å². The van der Waals surface area contributed by atoms with Crippen molar-refractivity contribution in [3.63, 3.8) is 0 Å². The summed E-state index contributed by atoms with van der Waals surface area (Å²) in [5.41, 5.74) is 3.98. The fourth-order valence-corrected chi connectivity index (χ4v) is 2.25. The van der Waals surface area contributed by atoms with Crippen LogP contribution in [0.5, 0.6) is 0 Å². The second kappa shape index (κ2) is 8.00. The van der Waals surface area contributed by atoms with Gasteiger partial charge in [0, 0.05) is 18.3 Å². The number of rotatable bonds is 6. The Balaban J connectivity index is 1.58. The number of nitro benzene ring substituents is 1. The van der Waals surface area contributed by atoms with E-state index in [1.165, 1.54) is 48.7 Å². The van der Waals surface area contributed by atoms with Crippen LogP contribution in [0.25, 0.3) is 0 Å². The summed E-state index contributed by atoms with van der Waals surface area (Å²) in [5.74, 6) is -0.842. The van der Waals surface area contributed by atoms with Crippen molar-refractivity contribution < 1.29 is 14.1 Å². The first-order valence-electron chi connectivity index (χ1n) is 7.87. The number of halogens is 1. The van der Waals surface area contributed by atoms with Crippen molar-refractivity contribution in [2.75, 3.05) is 0 Å². The number of nitro groups is 1. The third kappa shape index (κ3) is 4.82. The summed E-state index contributed by atoms with van der Waals surface area (Å²) in [6, 6.07) is 13.3. The Kier molecular flexibility index (Phi) is 5.31. The normalized spacial score (nSPS) is 10.9. The van der Waals surface area contributed by atoms with Gasteiger partial charge in [-0.25, -0.2) is 9.82 Å². The van der Waals surface area contributed by atoms with Crippen LogP contribution in [-0.2, 0) is 6.54 Å². The monoisotopic (exact) mass is 367 g/mol. The third-order valence-electron chi connectivity index (χ3n) is 3.61. The molecule has 136 valence electrons. The van der Waals surface area contributed by atoms with Crippen LogP contribution in [0.15, 0.2) is 65.9 Å². The number of nitrogens with one attached hydrogen (secondary N) is 1. The van der Waals surface area contributed by atoms with Gasteiger partial charge in [-0.3, -0.25) is 19.6 Å². The highest BCUT2D eigenvalue weighted by Gasteiger charge is 2.09. The lowest BCUT2D eigenvalue weighted by molar-refractivity contribution is -0.384. The molecule has 9 heteroatoms. The number of hydrogen-bond acceptors (Lipinski definition) is 5. The van der Waals surface area contributed by atoms with Gasteiger partial charge in [0.25, 0.3) is 11.6 Å². The van der Waals surface area contributed by atoms with Crippen molar-refractivity contribution in [2.24, 2.45) is 5.10 Å². The minimum absolute atomic E-state index is 0.0123. The number of amides is 1. The number of hydrazone groups is 1. The predicted molar refractivity (Wildman–Crippen MR) is 95.9 cm³/mol. The summed E-state index contributed by atoms with van der Waals surface area (Å²) in [6.45, 7) is 0.365. The van der Waals surface area contributed by atoms with E-state index in [2.05, 4.69) is 15.6 Å². The summed E-state index contributed by atoms with van der Waals surface area (Å²) < 4.78 is 14.4. The molecule has 1 heterocycles. The Morgan fingerprint density at radius 1 is 1.19 bits per heavy atom. The van der Waals surface area contributed by atoms with E-state index in [1.54, 1.807) is 23.0 Å². The van der Waals surface area contributed by atoms with Crippen molar-refractivity contribution in [2.45, 2.75) is 6.54 Å². The van der Waals surface area contributed by atoms with E-state index in [0.29, 0.717) is 12.1 Å². The highest BCUT2D eigenvalue weighted by Crippen LogP contribution is 2.12. The standard InChI is InChI=1S/C18H14FN5O3/c19-15-5-1-13(2-6-15)11-20-21-18(25)17-9-10-23(22-17)12-14-3-7-16(8-4-14)24(26)27/h1-11H,12H2,(H,21,25)/b20-11-. The summed E-state index contributed by atoms with van der Waals surface area (Å²) in [6.07, 6.45) is 3.02. The lowest BCUT2D eigenvalue weighted by Gasteiger charge is -2.01. The van der Waals surface area contributed by atoms with Gasteiger partial charge in [0.2, 0.25) is 0 Å². The van der Waals surface area contributed by atoms with E-state index in [4.69, 9.17) is 0 Å². The van der Waals surface area contributed by atoms with Gasteiger partial charge in [-0.05, 0) is 29.3 Å². The van der Waals surface area contributed by atoms with Gasteiger partial charge in [0.05, 0.1) is 17.7 Å². The topological polar surface area (TPSA) is 102 Å². The number of nitrogens with zero attached hydrogens (tertiary/aromatic N) is 4. The molecule has 1 amide bonds. The molecular formula is C18H14FN5O3. The number of carbonyl (C=O) groups is 1. The molecule has 0 aliphatic rings. The maximum Gasteiger partial charge on any atom is 0.291 e. The highest BCUT2D eigenvalue weighted by molar-refractivity contribution is 5.93. The maximum absolute atomic E-state index is 12.8. The predicted octanol–water partition coefficient (Wildman–Crippen LogP) is 2.74. The molecule has 2 aromatic carbocycles. The third-order valence-corrected chi connectivity index (χ3v) is 3.61. The molecule has 1 aromatic heterocycles. The molecule has 0 aliphatic carbocycles. The van der Waals surface area contributed by atoms with Crippen molar-refractivity contribution in [3.05, 3.63) is 93.5 Å². The Labute approximate surface area is 153 Å². The van der Waals surface area contributed by atoms with E-state index in [-0.39, 0.29) is 17.2 Å². The van der Waals surface area contributed by atoms with Crippen LogP contribution in [0.4, 0.5) is 10.1 Å². The molecule has 8 nitrogen and oxygen atoms in total. The molecule has 0 radical (unpaired) electrons. The first-order valence-corrected chi connectivity index (χ1v) is 7.87. The first kappa shape index (κ1) is 17.9. The van der Waals surface area contributed by atoms with Crippen molar-refractivity contribution in [3.8, 4) is 0 Å². The van der Waals surface area contributed by atoms with Crippen LogP contribution >= 0.6 is 0 Å². The highest BCUT2D eigenvalue weighted by atomic mass is 19.1. The van der Waals surface area contributed by atoms with Crippen LogP contribution in [0, 0.1) is 15.9 Å². The van der Waals surface area contributed by atoms with Gasteiger partial charge < -0.3 is 0 Å². The van der Waals surface area contributed by atoms with Gasteiger partial charge in [-0.1, -0.05) is 24.3 Å². The fourth-order valence-electron chi connectivity index (χ4n) is 2.25. The lowest BCUT2D eigenvalue weighted by Crippen LogP contribution is -2.18. The second-order valence-electron chi connectivity index (χ2n) is 5.57. The van der Waals surface area contributed by atoms with Gasteiger partial charge >= 0.3 is 0 Å². The maximum atomic E-state index is 12.8. The lowest BCUT2D eigenvalue weighted by atomic mass is 10.2. The Morgan fingerprint density at radius 3 is 2.56 bits per heavy atom. The molecule has 3 rings (SSSR count). The first-order chi connectivity index (χ1) is 13.0. The zero-order chi connectivity index (χ0) is 19.2. The largest absolute Gasteiger partial charge is 0.291 e. The summed E-state index contributed by atoms with van der Waals surface area (Å²) in [5, 5.41) is 18.6. The van der Waals surface area contributed by atoms with Gasteiger partial charge in [-0.15, -0.1) is 0 Å². The van der Waals surface area contributed by atoms with Crippen LogP contribution in [-0.4, -0.2) is 26.8 Å². The van der Waals surface area contributed by atoms with E-state index >= 15 is 0 Å². The molecule has 0 unspecified atom stereocenters. The minimum Gasteiger partial charge on any atom is -0.268 e. The number of carbonyl (C=O) groups excluding carboxylic acids is 1. The van der Waals surface area contributed by atoms with Crippen LogP contribution in [0.3, 0.4) is 0 Å². The molecule has 1 N–H and O–H groups in total. The van der Waals surface area contributed by atoms with E-state index in [0.717, 1.165) is 5.56 Å². The molecule has 0 bridgehead atoms. The summed E-state index contributed by atoms with van der Waals surface area (Å²) >= 11 is 0. The molecule has 0 atom stereocenters.